The molecule has 0 spiro atoms. The second kappa shape index (κ2) is 5.47. The summed E-state index contributed by atoms with van der Waals surface area (Å²) in [5.41, 5.74) is -0.339. The maximum atomic E-state index is 13.2. The van der Waals surface area contributed by atoms with E-state index in [1.54, 1.807) is 14.0 Å². The first-order valence-corrected chi connectivity index (χ1v) is 5.65. The van der Waals surface area contributed by atoms with Crippen LogP contribution in [-0.4, -0.2) is 21.9 Å². The summed E-state index contributed by atoms with van der Waals surface area (Å²) < 4.78 is 18.5. The Balaban J connectivity index is 2.41. The topological polar surface area (TPSA) is 90.2 Å². The van der Waals surface area contributed by atoms with Gasteiger partial charge in [0.15, 0.2) is 0 Å². The highest BCUT2D eigenvalue weighted by molar-refractivity contribution is 5.49. The predicted molar refractivity (Wildman–Crippen MR) is 69.4 cm³/mol. The lowest BCUT2D eigenvalue weighted by molar-refractivity contribution is -0.385. The number of ether oxygens (including phenoxy) is 1. The van der Waals surface area contributed by atoms with Gasteiger partial charge in [-0.15, -0.1) is 0 Å². The second-order valence-corrected chi connectivity index (χ2v) is 3.86. The normalized spacial score (nSPS) is 10.2. The summed E-state index contributed by atoms with van der Waals surface area (Å²) in [5.74, 6) is 0.161. The van der Waals surface area contributed by atoms with E-state index in [-0.39, 0.29) is 17.3 Å². The van der Waals surface area contributed by atoms with Crippen molar-refractivity contribution in [3.05, 3.63) is 46.0 Å². The number of halogens is 1. The van der Waals surface area contributed by atoms with Crippen molar-refractivity contribution in [3.63, 3.8) is 0 Å². The zero-order valence-electron chi connectivity index (χ0n) is 10.8. The van der Waals surface area contributed by atoms with Gasteiger partial charge in [-0.25, -0.2) is 9.37 Å². The smallest absolute Gasteiger partial charge is 0.311 e. The fourth-order valence-electron chi connectivity index (χ4n) is 1.55. The third kappa shape index (κ3) is 2.97. The van der Waals surface area contributed by atoms with Crippen LogP contribution in [-0.2, 0) is 0 Å². The van der Waals surface area contributed by atoms with E-state index in [2.05, 4.69) is 15.3 Å². The zero-order chi connectivity index (χ0) is 14.7. The largest absolute Gasteiger partial charge is 0.431 e. The molecule has 0 amide bonds. The first kappa shape index (κ1) is 13.7. The summed E-state index contributed by atoms with van der Waals surface area (Å²) in [5, 5.41) is 13.7. The van der Waals surface area contributed by atoms with Gasteiger partial charge in [0.05, 0.1) is 4.92 Å². The number of rotatable bonds is 4. The molecule has 0 radical (unpaired) electrons. The number of benzene rings is 1. The average molecular weight is 278 g/mol. The van der Waals surface area contributed by atoms with E-state index in [1.165, 1.54) is 6.07 Å². The highest BCUT2D eigenvalue weighted by atomic mass is 19.1. The molecule has 0 aliphatic carbocycles. The van der Waals surface area contributed by atoms with E-state index in [0.717, 1.165) is 18.2 Å². The quantitative estimate of drug-likeness (QED) is 0.683. The molecule has 2 rings (SSSR count). The predicted octanol–water partition coefficient (Wildman–Crippen LogP) is 2.67. The van der Waals surface area contributed by atoms with Crippen LogP contribution in [0.5, 0.6) is 11.6 Å². The minimum atomic E-state index is -0.651. The van der Waals surface area contributed by atoms with Crippen LogP contribution < -0.4 is 10.1 Å². The summed E-state index contributed by atoms with van der Waals surface area (Å²) in [6, 6.07) is 4.43. The van der Waals surface area contributed by atoms with Gasteiger partial charge in [-0.2, -0.15) is 4.98 Å². The van der Waals surface area contributed by atoms with Crippen molar-refractivity contribution in [2.75, 3.05) is 12.4 Å². The molecule has 0 atom stereocenters. The molecule has 0 unspecified atom stereocenters. The Morgan fingerprint density at radius 3 is 2.75 bits per heavy atom. The third-order valence-corrected chi connectivity index (χ3v) is 2.40. The minimum absolute atomic E-state index is 0.0931. The van der Waals surface area contributed by atoms with Gasteiger partial charge in [0.2, 0.25) is 11.6 Å². The van der Waals surface area contributed by atoms with Crippen LogP contribution in [0, 0.1) is 22.9 Å². The number of nitrogens with one attached hydrogen (secondary N) is 1. The molecule has 1 aromatic heterocycles. The lowest BCUT2D eigenvalue weighted by Crippen LogP contribution is -2.00. The van der Waals surface area contributed by atoms with E-state index < -0.39 is 10.7 Å². The molecule has 7 nitrogen and oxygen atoms in total. The zero-order valence-corrected chi connectivity index (χ0v) is 10.8. The number of nitro benzene ring substituents is 1. The van der Waals surface area contributed by atoms with Gasteiger partial charge in [0.1, 0.15) is 17.5 Å². The van der Waals surface area contributed by atoms with E-state index >= 15 is 0 Å². The van der Waals surface area contributed by atoms with Crippen LogP contribution >= 0.6 is 0 Å². The third-order valence-electron chi connectivity index (χ3n) is 2.40. The summed E-state index contributed by atoms with van der Waals surface area (Å²) in [6.45, 7) is 1.65. The number of anilines is 1. The number of hydrogen-bond donors (Lipinski definition) is 1. The second-order valence-electron chi connectivity index (χ2n) is 3.86. The van der Waals surface area contributed by atoms with Crippen molar-refractivity contribution in [1.82, 2.24) is 9.97 Å². The van der Waals surface area contributed by atoms with Crippen molar-refractivity contribution in [2.45, 2.75) is 6.92 Å². The number of aryl methyl sites for hydroxylation is 1. The van der Waals surface area contributed by atoms with Gasteiger partial charge in [0, 0.05) is 25.2 Å². The first-order valence-electron chi connectivity index (χ1n) is 5.65. The van der Waals surface area contributed by atoms with Crippen LogP contribution in [0.2, 0.25) is 0 Å². The maximum absolute atomic E-state index is 13.2. The molecule has 0 aliphatic heterocycles. The fraction of sp³-hybridized carbons (Fsp3) is 0.167. The highest BCUT2D eigenvalue weighted by Gasteiger charge is 2.17. The van der Waals surface area contributed by atoms with E-state index in [0.29, 0.717) is 11.6 Å². The summed E-state index contributed by atoms with van der Waals surface area (Å²) >= 11 is 0. The lowest BCUT2D eigenvalue weighted by atomic mass is 10.3. The monoisotopic (exact) mass is 278 g/mol. The lowest BCUT2D eigenvalue weighted by Gasteiger charge is -2.07. The molecule has 0 saturated carbocycles. The molecule has 1 N–H and O–H groups in total. The van der Waals surface area contributed by atoms with Gasteiger partial charge in [-0.3, -0.25) is 10.1 Å². The molecule has 0 bridgehead atoms. The maximum Gasteiger partial charge on any atom is 0.311 e. The molecule has 0 aliphatic rings. The Bertz CT molecular complexity index is 663. The SMILES string of the molecule is CNc1cc(Oc2cc(F)ccc2[N+](=O)[O-])nc(C)n1. The number of nitro groups is 1. The molecule has 1 aromatic carbocycles. The molecule has 1 heterocycles. The van der Waals surface area contributed by atoms with Gasteiger partial charge in [-0.1, -0.05) is 0 Å². The van der Waals surface area contributed by atoms with Crippen molar-refractivity contribution in [1.29, 1.82) is 0 Å². The number of nitrogens with zero attached hydrogens (tertiary/aromatic N) is 3. The van der Waals surface area contributed by atoms with Crippen LogP contribution in [0.15, 0.2) is 24.3 Å². The van der Waals surface area contributed by atoms with Gasteiger partial charge >= 0.3 is 5.69 Å². The van der Waals surface area contributed by atoms with Crippen molar-refractivity contribution < 1.29 is 14.1 Å². The number of hydrogen-bond acceptors (Lipinski definition) is 6. The summed E-state index contributed by atoms with van der Waals surface area (Å²) in [4.78, 5) is 18.3. The van der Waals surface area contributed by atoms with Crippen LogP contribution in [0.1, 0.15) is 5.82 Å². The molecule has 0 saturated heterocycles. The highest BCUT2D eigenvalue weighted by Crippen LogP contribution is 2.31. The summed E-state index contributed by atoms with van der Waals surface area (Å²) in [7, 11) is 1.66. The Morgan fingerprint density at radius 1 is 1.35 bits per heavy atom. The average Bonchev–Trinajstić information content (AvgIpc) is 2.37. The van der Waals surface area contributed by atoms with Crippen LogP contribution in [0.4, 0.5) is 15.9 Å². The molecule has 8 heteroatoms. The Labute approximate surface area is 113 Å². The van der Waals surface area contributed by atoms with Gasteiger partial charge in [-0.05, 0) is 13.0 Å². The molecule has 104 valence electrons. The standard InChI is InChI=1S/C12H11FN4O3/c1-7-15-11(14-2)6-12(16-7)20-10-5-8(13)3-4-9(10)17(18)19/h3-6H,1-2H3,(H,14,15,16). The molecule has 20 heavy (non-hydrogen) atoms. The van der Waals surface area contributed by atoms with E-state index in [1.807, 2.05) is 0 Å². The first-order chi connectivity index (χ1) is 9.49. The van der Waals surface area contributed by atoms with E-state index in [4.69, 9.17) is 4.74 Å². The van der Waals surface area contributed by atoms with Crippen LogP contribution in [0.25, 0.3) is 0 Å². The Hall–Kier alpha value is -2.77. The van der Waals surface area contributed by atoms with Crippen LogP contribution in [0.3, 0.4) is 0 Å². The number of aromatic nitrogens is 2. The molecule has 0 fully saturated rings. The summed E-state index contributed by atoms with van der Waals surface area (Å²) in [6.07, 6.45) is 0. The Kier molecular flexibility index (Phi) is 3.74. The molecular weight excluding hydrogens is 267 g/mol. The fourth-order valence-corrected chi connectivity index (χ4v) is 1.55. The molecular formula is C12H11FN4O3. The van der Waals surface area contributed by atoms with E-state index in [9.17, 15) is 14.5 Å². The van der Waals surface area contributed by atoms with Crippen molar-refractivity contribution >= 4 is 11.5 Å². The van der Waals surface area contributed by atoms with Gasteiger partial charge in [0.25, 0.3) is 0 Å². The minimum Gasteiger partial charge on any atom is -0.431 e. The molecule has 2 aromatic rings. The van der Waals surface area contributed by atoms with Crippen molar-refractivity contribution in [3.8, 4) is 11.6 Å². The Morgan fingerprint density at radius 2 is 2.10 bits per heavy atom. The van der Waals surface area contributed by atoms with Gasteiger partial charge < -0.3 is 10.1 Å². The van der Waals surface area contributed by atoms with Crippen molar-refractivity contribution in [2.24, 2.45) is 0 Å².